The Morgan fingerprint density at radius 1 is 1.29 bits per heavy atom. The molecule has 1 aromatic carbocycles. The summed E-state index contributed by atoms with van der Waals surface area (Å²) in [5.74, 6) is 0.788. The van der Waals surface area contributed by atoms with Crippen LogP contribution in [0.1, 0.15) is 16.2 Å². The Bertz CT molecular complexity index is 977. The normalized spacial score (nSPS) is 10.6. The number of aromatic amines is 1. The van der Waals surface area contributed by atoms with Crippen molar-refractivity contribution in [1.82, 2.24) is 19.7 Å². The van der Waals surface area contributed by atoms with Crippen LogP contribution in [0, 0.1) is 6.92 Å². The van der Waals surface area contributed by atoms with E-state index in [4.69, 9.17) is 11.6 Å². The van der Waals surface area contributed by atoms with Gasteiger partial charge >= 0.3 is 0 Å². The molecular formula is C16H14ClN5O2. The second-order valence-electron chi connectivity index (χ2n) is 5.26. The van der Waals surface area contributed by atoms with Crippen LogP contribution in [0.3, 0.4) is 0 Å². The Morgan fingerprint density at radius 3 is 2.71 bits per heavy atom. The van der Waals surface area contributed by atoms with Crippen molar-refractivity contribution in [3.8, 4) is 11.4 Å². The summed E-state index contributed by atoms with van der Waals surface area (Å²) in [6.45, 7) is 1.79. The van der Waals surface area contributed by atoms with Crippen LogP contribution in [0.15, 0.2) is 41.3 Å². The summed E-state index contributed by atoms with van der Waals surface area (Å²) in [7, 11) is 1.62. The first-order valence-corrected chi connectivity index (χ1v) is 7.49. The zero-order valence-corrected chi connectivity index (χ0v) is 13.8. The number of hydrogen-bond donors (Lipinski definition) is 2. The monoisotopic (exact) mass is 343 g/mol. The van der Waals surface area contributed by atoms with Gasteiger partial charge in [0.1, 0.15) is 5.82 Å². The SMILES string of the molecule is Cc1nc(-c2ccc(NC(=O)c3ccn(C)c(=O)c3)cc2Cl)n[nH]1. The first kappa shape index (κ1) is 15.9. The number of aryl methyl sites for hydroxylation is 2. The van der Waals surface area contributed by atoms with Crippen molar-refractivity contribution in [2.45, 2.75) is 6.92 Å². The summed E-state index contributed by atoms with van der Waals surface area (Å²) >= 11 is 6.25. The van der Waals surface area contributed by atoms with Gasteiger partial charge in [0.05, 0.1) is 5.02 Å². The van der Waals surface area contributed by atoms with E-state index in [-0.39, 0.29) is 17.0 Å². The number of halogens is 1. The summed E-state index contributed by atoms with van der Waals surface area (Å²) in [4.78, 5) is 28.0. The molecule has 122 valence electrons. The van der Waals surface area contributed by atoms with Gasteiger partial charge < -0.3 is 9.88 Å². The molecule has 8 heteroatoms. The van der Waals surface area contributed by atoms with Crippen LogP contribution in [-0.4, -0.2) is 25.7 Å². The molecule has 1 amide bonds. The summed E-state index contributed by atoms with van der Waals surface area (Å²) in [6, 6.07) is 7.89. The van der Waals surface area contributed by atoms with Gasteiger partial charge in [-0.05, 0) is 31.2 Å². The minimum atomic E-state index is -0.384. The van der Waals surface area contributed by atoms with Gasteiger partial charge in [-0.2, -0.15) is 5.10 Å². The Hall–Kier alpha value is -2.93. The number of benzene rings is 1. The standard InChI is InChI=1S/C16H14ClN5O2/c1-9-18-15(21-20-9)12-4-3-11(8-13(12)17)19-16(24)10-5-6-22(2)14(23)7-10/h3-8H,1-2H3,(H,19,24)(H,18,20,21). The van der Waals surface area contributed by atoms with Crippen molar-refractivity contribution < 1.29 is 4.79 Å². The van der Waals surface area contributed by atoms with Gasteiger partial charge in [0.2, 0.25) is 0 Å². The van der Waals surface area contributed by atoms with E-state index in [2.05, 4.69) is 20.5 Å². The van der Waals surface area contributed by atoms with E-state index in [1.807, 2.05) is 0 Å². The number of amides is 1. The van der Waals surface area contributed by atoms with Crippen molar-refractivity contribution in [2.75, 3.05) is 5.32 Å². The van der Waals surface area contributed by atoms with Gasteiger partial charge in [-0.15, -0.1) is 0 Å². The van der Waals surface area contributed by atoms with E-state index >= 15 is 0 Å². The molecule has 0 bridgehead atoms. The Kier molecular flexibility index (Phi) is 4.18. The molecule has 24 heavy (non-hydrogen) atoms. The molecule has 0 fully saturated rings. The van der Waals surface area contributed by atoms with E-state index < -0.39 is 0 Å². The maximum Gasteiger partial charge on any atom is 0.255 e. The van der Waals surface area contributed by atoms with Gasteiger partial charge in [-0.3, -0.25) is 14.7 Å². The van der Waals surface area contributed by atoms with Crippen LogP contribution in [0.5, 0.6) is 0 Å². The Balaban J connectivity index is 1.83. The summed E-state index contributed by atoms with van der Waals surface area (Å²) in [5, 5.41) is 9.93. The molecule has 3 rings (SSSR count). The highest BCUT2D eigenvalue weighted by atomic mass is 35.5. The number of anilines is 1. The average Bonchev–Trinajstić information content (AvgIpc) is 2.96. The molecule has 0 spiro atoms. The molecule has 7 nitrogen and oxygen atoms in total. The molecule has 0 aliphatic heterocycles. The van der Waals surface area contributed by atoms with Crippen molar-refractivity contribution in [2.24, 2.45) is 7.05 Å². The quantitative estimate of drug-likeness (QED) is 0.763. The minimum absolute atomic E-state index is 0.254. The van der Waals surface area contributed by atoms with Crippen molar-refractivity contribution in [3.05, 3.63) is 63.3 Å². The Labute approximate surface area is 142 Å². The fraction of sp³-hybridized carbons (Fsp3) is 0.125. The maximum atomic E-state index is 12.2. The van der Waals surface area contributed by atoms with Gasteiger partial charge in [0.25, 0.3) is 11.5 Å². The molecule has 2 N–H and O–H groups in total. The molecule has 0 aliphatic rings. The highest BCUT2D eigenvalue weighted by molar-refractivity contribution is 6.33. The van der Waals surface area contributed by atoms with Gasteiger partial charge in [-0.1, -0.05) is 11.6 Å². The minimum Gasteiger partial charge on any atom is -0.322 e. The maximum absolute atomic E-state index is 12.2. The molecular weight excluding hydrogens is 330 g/mol. The predicted molar refractivity (Wildman–Crippen MR) is 91.2 cm³/mol. The molecule has 0 aliphatic carbocycles. The number of carbonyl (C=O) groups excluding carboxylic acids is 1. The van der Waals surface area contributed by atoms with Crippen LogP contribution in [0.2, 0.25) is 5.02 Å². The topological polar surface area (TPSA) is 92.7 Å². The number of nitrogens with zero attached hydrogens (tertiary/aromatic N) is 3. The largest absolute Gasteiger partial charge is 0.322 e. The van der Waals surface area contributed by atoms with Crippen LogP contribution < -0.4 is 10.9 Å². The van der Waals surface area contributed by atoms with Crippen LogP contribution in [0.4, 0.5) is 5.69 Å². The number of aromatic nitrogens is 4. The summed E-state index contributed by atoms with van der Waals surface area (Å²) < 4.78 is 1.39. The third-order valence-electron chi connectivity index (χ3n) is 3.43. The zero-order chi connectivity index (χ0) is 17.3. The number of carbonyl (C=O) groups is 1. The van der Waals surface area contributed by atoms with E-state index in [1.54, 1.807) is 44.4 Å². The molecule has 0 unspecified atom stereocenters. The average molecular weight is 344 g/mol. The molecule has 2 aromatic heterocycles. The van der Waals surface area contributed by atoms with Crippen LogP contribution >= 0.6 is 11.6 Å². The highest BCUT2D eigenvalue weighted by Crippen LogP contribution is 2.28. The van der Waals surface area contributed by atoms with Crippen LogP contribution in [0.25, 0.3) is 11.4 Å². The van der Waals surface area contributed by atoms with Crippen molar-refractivity contribution in [1.29, 1.82) is 0 Å². The van der Waals surface area contributed by atoms with E-state index in [9.17, 15) is 9.59 Å². The number of H-pyrrole nitrogens is 1. The lowest BCUT2D eigenvalue weighted by Gasteiger charge is -2.08. The third kappa shape index (κ3) is 3.21. The van der Waals surface area contributed by atoms with Crippen molar-refractivity contribution >= 4 is 23.2 Å². The summed E-state index contributed by atoms with van der Waals surface area (Å²) in [5.41, 5.74) is 1.20. The molecule has 0 saturated carbocycles. The predicted octanol–water partition coefficient (Wildman–Crippen LogP) is 2.38. The highest BCUT2D eigenvalue weighted by Gasteiger charge is 2.12. The lowest BCUT2D eigenvalue weighted by atomic mass is 10.2. The molecule has 3 aromatic rings. The molecule has 2 heterocycles. The third-order valence-corrected chi connectivity index (χ3v) is 3.74. The fourth-order valence-electron chi connectivity index (χ4n) is 2.13. The van der Waals surface area contributed by atoms with Crippen molar-refractivity contribution in [3.63, 3.8) is 0 Å². The number of nitrogens with one attached hydrogen (secondary N) is 2. The second-order valence-corrected chi connectivity index (χ2v) is 5.66. The lowest BCUT2D eigenvalue weighted by Crippen LogP contribution is -2.19. The van der Waals surface area contributed by atoms with E-state index in [0.29, 0.717) is 27.9 Å². The fourth-order valence-corrected chi connectivity index (χ4v) is 2.40. The van der Waals surface area contributed by atoms with Crippen LogP contribution in [-0.2, 0) is 7.05 Å². The zero-order valence-electron chi connectivity index (χ0n) is 13.0. The van der Waals surface area contributed by atoms with Gasteiger partial charge in [0, 0.05) is 36.1 Å². The molecule has 0 atom stereocenters. The van der Waals surface area contributed by atoms with Gasteiger partial charge in [0.15, 0.2) is 5.82 Å². The summed E-state index contributed by atoms with van der Waals surface area (Å²) in [6.07, 6.45) is 1.54. The number of hydrogen-bond acceptors (Lipinski definition) is 4. The second kappa shape index (κ2) is 6.29. The lowest BCUT2D eigenvalue weighted by molar-refractivity contribution is 0.102. The number of rotatable bonds is 3. The van der Waals surface area contributed by atoms with E-state index in [1.165, 1.54) is 10.6 Å². The molecule has 0 radical (unpaired) electrons. The first-order chi connectivity index (χ1) is 11.4. The Morgan fingerprint density at radius 2 is 2.08 bits per heavy atom. The molecule has 0 saturated heterocycles. The van der Waals surface area contributed by atoms with Gasteiger partial charge in [-0.25, -0.2) is 4.98 Å². The van der Waals surface area contributed by atoms with E-state index in [0.717, 1.165) is 0 Å². The number of pyridine rings is 1. The smallest absolute Gasteiger partial charge is 0.255 e. The first-order valence-electron chi connectivity index (χ1n) is 7.11.